The van der Waals surface area contributed by atoms with Crippen LogP contribution in [-0.2, 0) is 11.2 Å². The number of carbonyl (C=O) groups is 1. The van der Waals surface area contributed by atoms with E-state index in [4.69, 9.17) is 10.2 Å². The Kier molecular flexibility index (Phi) is 5.36. The maximum atomic E-state index is 13.1. The summed E-state index contributed by atoms with van der Waals surface area (Å²) in [5.41, 5.74) is 2.70. The second kappa shape index (κ2) is 8.31. The number of nitriles is 1. The molecule has 1 aliphatic heterocycles. The summed E-state index contributed by atoms with van der Waals surface area (Å²) in [4.78, 5) is 27.5. The van der Waals surface area contributed by atoms with E-state index in [-0.39, 0.29) is 24.5 Å². The number of imidazole rings is 1. The van der Waals surface area contributed by atoms with Crippen LogP contribution in [0.5, 0.6) is 0 Å². The first-order chi connectivity index (χ1) is 15.1. The van der Waals surface area contributed by atoms with Crippen LogP contribution in [0.15, 0.2) is 18.5 Å². The first-order valence-corrected chi connectivity index (χ1v) is 11.3. The molecule has 0 radical (unpaired) electrons. The minimum Gasteiger partial charge on any atom is -0.393 e. The Labute approximate surface area is 180 Å². The van der Waals surface area contributed by atoms with Gasteiger partial charge in [-0.2, -0.15) is 5.26 Å². The van der Waals surface area contributed by atoms with E-state index in [2.05, 4.69) is 20.6 Å². The lowest BCUT2D eigenvalue weighted by Crippen LogP contribution is -2.41. The monoisotopic (exact) mass is 420 g/mol. The van der Waals surface area contributed by atoms with Gasteiger partial charge in [0.2, 0.25) is 5.91 Å². The first-order valence-electron chi connectivity index (χ1n) is 11.3. The zero-order chi connectivity index (χ0) is 21.4. The standard InChI is InChI=1S/C23H28N6O2/c24-9-5-15-1-3-16(4-2-15)29-20(13-21(31)28-11-7-17(30)8-12-28)27-19-14-26-23-18(22(19)29)6-10-25-23/h6,10,14-17,30H,1-5,7-8,11-13H2,(H,25,26). The molecule has 8 nitrogen and oxygen atoms in total. The molecule has 2 N–H and O–H groups in total. The number of aromatic amines is 1. The zero-order valence-corrected chi connectivity index (χ0v) is 17.6. The zero-order valence-electron chi connectivity index (χ0n) is 17.6. The van der Waals surface area contributed by atoms with E-state index in [9.17, 15) is 9.90 Å². The second-order valence-electron chi connectivity index (χ2n) is 8.96. The van der Waals surface area contributed by atoms with Crippen LogP contribution in [0.3, 0.4) is 0 Å². The van der Waals surface area contributed by atoms with Gasteiger partial charge in [-0.15, -0.1) is 0 Å². The summed E-state index contributed by atoms with van der Waals surface area (Å²) in [5.74, 6) is 1.33. The summed E-state index contributed by atoms with van der Waals surface area (Å²) < 4.78 is 2.28. The smallest absolute Gasteiger partial charge is 0.230 e. The summed E-state index contributed by atoms with van der Waals surface area (Å²) in [5, 5.41) is 19.8. The maximum Gasteiger partial charge on any atom is 0.230 e. The van der Waals surface area contributed by atoms with Crippen LogP contribution in [0, 0.1) is 17.2 Å². The van der Waals surface area contributed by atoms with Gasteiger partial charge in [-0.05, 0) is 50.5 Å². The number of amides is 1. The third-order valence-electron chi connectivity index (χ3n) is 7.00. The highest BCUT2D eigenvalue weighted by Crippen LogP contribution is 2.38. The number of carbonyl (C=O) groups excluding carboxylic acids is 1. The Hall–Kier alpha value is -2.92. The summed E-state index contributed by atoms with van der Waals surface area (Å²) in [6.45, 7) is 1.20. The topological polar surface area (TPSA) is 111 Å². The summed E-state index contributed by atoms with van der Waals surface area (Å²) in [7, 11) is 0. The van der Waals surface area contributed by atoms with Crippen LogP contribution in [0.2, 0.25) is 0 Å². The fourth-order valence-corrected chi connectivity index (χ4v) is 5.26. The maximum absolute atomic E-state index is 13.1. The van der Waals surface area contributed by atoms with Crippen molar-refractivity contribution in [1.82, 2.24) is 24.4 Å². The number of likely N-dealkylation sites (tertiary alicyclic amines) is 1. The van der Waals surface area contributed by atoms with Crippen molar-refractivity contribution in [2.24, 2.45) is 5.92 Å². The van der Waals surface area contributed by atoms with Gasteiger partial charge in [-0.1, -0.05) is 0 Å². The molecular formula is C23H28N6O2. The Morgan fingerprint density at radius 2 is 2.00 bits per heavy atom. The van der Waals surface area contributed by atoms with Crippen molar-refractivity contribution in [2.75, 3.05) is 13.1 Å². The van der Waals surface area contributed by atoms with E-state index in [0.29, 0.717) is 38.3 Å². The number of fused-ring (bicyclic) bond motifs is 3. The van der Waals surface area contributed by atoms with E-state index in [1.165, 1.54) is 0 Å². The molecule has 0 spiro atoms. The molecule has 1 aliphatic carbocycles. The fraction of sp³-hybridized carbons (Fsp3) is 0.565. The third-order valence-corrected chi connectivity index (χ3v) is 7.00. The van der Waals surface area contributed by atoms with Gasteiger partial charge in [-0.3, -0.25) is 4.79 Å². The lowest BCUT2D eigenvalue weighted by Gasteiger charge is -2.31. The quantitative estimate of drug-likeness (QED) is 0.674. The molecule has 1 saturated heterocycles. The summed E-state index contributed by atoms with van der Waals surface area (Å²) >= 11 is 0. The lowest BCUT2D eigenvalue weighted by atomic mass is 9.84. The van der Waals surface area contributed by atoms with E-state index in [1.54, 1.807) is 6.20 Å². The van der Waals surface area contributed by atoms with Crippen LogP contribution in [0.1, 0.15) is 56.8 Å². The Morgan fingerprint density at radius 1 is 1.23 bits per heavy atom. The van der Waals surface area contributed by atoms with Gasteiger partial charge in [-0.25, -0.2) is 9.97 Å². The largest absolute Gasteiger partial charge is 0.393 e. The average molecular weight is 421 g/mol. The van der Waals surface area contributed by atoms with E-state index in [1.807, 2.05) is 17.2 Å². The van der Waals surface area contributed by atoms with Crippen molar-refractivity contribution in [2.45, 2.75) is 63.5 Å². The number of pyridine rings is 1. The Balaban J connectivity index is 1.49. The fourth-order valence-electron chi connectivity index (χ4n) is 5.26. The van der Waals surface area contributed by atoms with Gasteiger partial charge in [0.25, 0.3) is 0 Å². The number of nitrogens with one attached hydrogen (secondary N) is 1. The average Bonchev–Trinajstić information content (AvgIpc) is 3.39. The molecule has 1 amide bonds. The number of piperidine rings is 1. The number of hydrogen-bond acceptors (Lipinski definition) is 5. The van der Waals surface area contributed by atoms with Crippen molar-refractivity contribution >= 4 is 28.0 Å². The van der Waals surface area contributed by atoms with E-state index >= 15 is 0 Å². The minimum absolute atomic E-state index is 0.0693. The van der Waals surface area contributed by atoms with Crippen LogP contribution in [0.25, 0.3) is 22.1 Å². The van der Waals surface area contributed by atoms with E-state index in [0.717, 1.165) is 53.6 Å². The molecule has 2 aliphatic rings. The lowest BCUT2D eigenvalue weighted by molar-refractivity contribution is -0.132. The molecule has 0 aromatic carbocycles. The van der Waals surface area contributed by atoms with Crippen LogP contribution >= 0.6 is 0 Å². The molecule has 0 atom stereocenters. The predicted octanol–water partition coefficient (Wildman–Crippen LogP) is 3.08. The van der Waals surface area contributed by atoms with Crippen molar-refractivity contribution < 1.29 is 9.90 Å². The normalized spacial score (nSPS) is 22.8. The summed E-state index contributed by atoms with van der Waals surface area (Å²) in [6.07, 6.45) is 9.56. The van der Waals surface area contributed by atoms with Gasteiger partial charge < -0.3 is 19.6 Å². The molecule has 1 saturated carbocycles. The third kappa shape index (κ3) is 3.79. The van der Waals surface area contributed by atoms with Crippen LogP contribution in [0.4, 0.5) is 0 Å². The number of aliphatic hydroxyl groups excluding tert-OH is 1. The van der Waals surface area contributed by atoms with Gasteiger partial charge >= 0.3 is 0 Å². The van der Waals surface area contributed by atoms with E-state index < -0.39 is 0 Å². The van der Waals surface area contributed by atoms with Crippen molar-refractivity contribution in [3.8, 4) is 6.07 Å². The van der Waals surface area contributed by atoms with Crippen molar-refractivity contribution in [3.05, 3.63) is 24.3 Å². The molecule has 2 fully saturated rings. The van der Waals surface area contributed by atoms with Gasteiger partial charge in [0.1, 0.15) is 17.0 Å². The van der Waals surface area contributed by atoms with Crippen molar-refractivity contribution in [3.63, 3.8) is 0 Å². The Bertz CT molecular complexity index is 1130. The predicted molar refractivity (Wildman–Crippen MR) is 116 cm³/mol. The first kappa shape index (κ1) is 20.0. The molecule has 3 aromatic rings. The number of rotatable bonds is 4. The minimum atomic E-state index is -0.301. The van der Waals surface area contributed by atoms with Gasteiger partial charge in [0.15, 0.2) is 0 Å². The van der Waals surface area contributed by atoms with Crippen LogP contribution in [-0.4, -0.2) is 54.6 Å². The SMILES string of the molecule is N#CCC1CCC(n2c(CC(=O)N3CCC(O)CC3)nc3cnc4[nH]ccc4c32)CC1. The molecule has 4 heterocycles. The number of aliphatic hydroxyl groups is 1. The van der Waals surface area contributed by atoms with Gasteiger partial charge in [0.05, 0.1) is 30.3 Å². The highest BCUT2D eigenvalue weighted by Gasteiger charge is 2.29. The van der Waals surface area contributed by atoms with Crippen molar-refractivity contribution in [1.29, 1.82) is 5.26 Å². The molecule has 0 unspecified atom stereocenters. The molecule has 162 valence electrons. The molecule has 31 heavy (non-hydrogen) atoms. The molecule has 3 aromatic heterocycles. The van der Waals surface area contributed by atoms with Crippen LogP contribution < -0.4 is 0 Å². The highest BCUT2D eigenvalue weighted by molar-refractivity contribution is 6.01. The molecule has 8 heteroatoms. The molecule has 0 bridgehead atoms. The molecular weight excluding hydrogens is 392 g/mol. The highest BCUT2D eigenvalue weighted by atomic mass is 16.3. The summed E-state index contributed by atoms with van der Waals surface area (Å²) in [6, 6.07) is 4.61. The number of nitrogens with zero attached hydrogens (tertiary/aromatic N) is 5. The number of H-pyrrole nitrogens is 1. The van der Waals surface area contributed by atoms with Gasteiger partial charge in [0, 0.05) is 37.1 Å². The number of aromatic nitrogens is 4. The number of hydrogen-bond donors (Lipinski definition) is 2. The second-order valence-corrected chi connectivity index (χ2v) is 8.96. The molecule has 5 rings (SSSR count). The Morgan fingerprint density at radius 3 is 2.74 bits per heavy atom.